The Hall–Kier alpha value is -0.610. The lowest BCUT2D eigenvalue weighted by atomic mass is 10.00. The molecule has 2 aliphatic rings. The molecule has 0 aliphatic carbocycles. The highest BCUT2D eigenvalue weighted by molar-refractivity contribution is 5.84. The average Bonchev–Trinajstić information content (AvgIpc) is 2.62. The van der Waals surface area contributed by atoms with Crippen molar-refractivity contribution in [2.24, 2.45) is 5.92 Å². The third-order valence-electron chi connectivity index (χ3n) is 3.65. The summed E-state index contributed by atoms with van der Waals surface area (Å²) in [5, 5.41) is 3.34. The van der Waals surface area contributed by atoms with Crippen molar-refractivity contribution in [1.29, 1.82) is 0 Å². The molecule has 0 aromatic heterocycles. The number of likely N-dealkylation sites (tertiary alicyclic amines) is 1. The summed E-state index contributed by atoms with van der Waals surface area (Å²) < 4.78 is 5.35. The molecule has 98 valence electrons. The fourth-order valence-corrected chi connectivity index (χ4v) is 2.72. The van der Waals surface area contributed by atoms with E-state index in [0.717, 1.165) is 45.6 Å². The van der Waals surface area contributed by atoms with Gasteiger partial charge in [0.25, 0.3) is 0 Å². The summed E-state index contributed by atoms with van der Waals surface area (Å²) in [5.74, 6) is 0.940. The van der Waals surface area contributed by atoms with E-state index >= 15 is 0 Å². The number of amides is 1. The number of nitrogens with zero attached hydrogens (tertiary/aromatic N) is 1. The van der Waals surface area contributed by atoms with Gasteiger partial charge in [-0.1, -0.05) is 13.8 Å². The van der Waals surface area contributed by atoms with Gasteiger partial charge >= 0.3 is 0 Å². The minimum atomic E-state index is 0.0508. The van der Waals surface area contributed by atoms with Gasteiger partial charge in [-0.25, -0.2) is 0 Å². The van der Waals surface area contributed by atoms with Crippen molar-refractivity contribution in [2.75, 3.05) is 26.3 Å². The molecular formula is C13H24N2O2. The average molecular weight is 240 g/mol. The van der Waals surface area contributed by atoms with Crippen molar-refractivity contribution in [3.05, 3.63) is 0 Å². The van der Waals surface area contributed by atoms with Gasteiger partial charge in [0.1, 0.15) is 0 Å². The van der Waals surface area contributed by atoms with Crippen LogP contribution in [0.2, 0.25) is 0 Å². The Bertz CT molecular complexity index is 262. The van der Waals surface area contributed by atoms with Gasteiger partial charge in [0.15, 0.2) is 0 Å². The number of rotatable bonds is 4. The zero-order valence-electron chi connectivity index (χ0n) is 10.9. The largest absolute Gasteiger partial charge is 0.381 e. The van der Waals surface area contributed by atoms with Crippen LogP contribution in [0.25, 0.3) is 0 Å². The summed E-state index contributed by atoms with van der Waals surface area (Å²) >= 11 is 0. The van der Waals surface area contributed by atoms with Gasteiger partial charge in [-0.2, -0.15) is 0 Å². The number of carbonyl (C=O) groups is 1. The van der Waals surface area contributed by atoms with E-state index in [-0.39, 0.29) is 6.04 Å². The van der Waals surface area contributed by atoms with Gasteiger partial charge in [0.2, 0.25) is 5.91 Å². The molecule has 2 aliphatic heterocycles. The van der Waals surface area contributed by atoms with E-state index in [2.05, 4.69) is 19.2 Å². The number of hydrogen-bond acceptors (Lipinski definition) is 3. The molecule has 4 nitrogen and oxygen atoms in total. The fourth-order valence-electron chi connectivity index (χ4n) is 2.72. The van der Waals surface area contributed by atoms with Gasteiger partial charge in [0.05, 0.1) is 6.04 Å². The summed E-state index contributed by atoms with van der Waals surface area (Å²) in [5.41, 5.74) is 0. The summed E-state index contributed by atoms with van der Waals surface area (Å²) in [7, 11) is 0. The quantitative estimate of drug-likeness (QED) is 0.797. The Morgan fingerprint density at radius 3 is 2.71 bits per heavy atom. The molecule has 0 aromatic rings. The van der Waals surface area contributed by atoms with Crippen LogP contribution in [0.4, 0.5) is 0 Å². The van der Waals surface area contributed by atoms with Crippen molar-refractivity contribution in [2.45, 2.75) is 45.2 Å². The van der Waals surface area contributed by atoms with Crippen LogP contribution in [0.15, 0.2) is 0 Å². The lowest BCUT2D eigenvalue weighted by Crippen LogP contribution is -2.43. The zero-order valence-corrected chi connectivity index (χ0v) is 10.9. The van der Waals surface area contributed by atoms with Crippen LogP contribution in [0.3, 0.4) is 0 Å². The molecule has 17 heavy (non-hydrogen) atoms. The summed E-state index contributed by atoms with van der Waals surface area (Å²) in [6, 6.07) is 0.432. The van der Waals surface area contributed by atoms with E-state index in [1.165, 1.54) is 0 Å². The Labute approximate surface area is 104 Å². The third-order valence-corrected chi connectivity index (χ3v) is 3.65. The third kappa shape index (κ3) is 3.42. The van der Waals surface area contributed by atoms with E-state index < -0.39 is 0 Å². The van der Waals surface area contributed by atoms with Gasteiger partial charge < -0.3 is 15.0 Å². The molecule has 4 heteroatoms. The van der Waals surface area contributed by atoms with E-state index in [9.17, 15) is 4.79 Å². The molecule has 0 bridgehead atoms. The first-order valence-electron chi connectivity index (χ1n) is 6.79. The molecule has 1 atom stereocenters. The maximum absolute atomic E-state index is 12.1. The molecule has 0 saturated carbocycles. The number of hydrogen-bond donors (Lipinski definition) is 1. The molecular weight excluding hydrogens is 216 g/mol. The van der Waals surface area contributed by atoms with Crippen LogP contribution in [0, 0.1) is 5.92 Å². The molecule has 2 rings (SSSR count). The summed E-state index contributed by atoms with van der Waals surface area (Å²) in [6.45, 7) is 7.75. The molecule has 2 saturated heterocycles. The normalized spacial score (nSPS) is 27.1. The first-order valence-corrected chi connectivity index (χ1v) is 6.79. The minimum Gasteiger partial charge on any atom is -0.381 e. The van der Waals surface area contributed by atoms with Crippen LogP contribution >= 0.6 is 0 Å². The molecule has 1 unspecified atom stereocenters. The van der Waals surface area contributed by atoms with Gasteiger partial charge in [0, 0.05) is 32.3 Å². The molecule has 0 spiro atoms. The highest BCUT2D eigenvalue weighted by Crippen LogP contribution is 2.20. The Morgan fingerprint density at radius 2 is 2.06 bits per heavy atom. The Balaban J connectivity index is 1.80. The first-order chi connectivity index (χ1) is 8.16. The van der Waals surface area contributed by atoms with Crippen molar-refractivity contribution in [3.8, 4) is 0 Å². The van der Waals surface area contributed by atoms with Gasteiger partial charge in [-0.15, -0.1) is 0 Å². The van der Waals surface area contributed by atoms with Crippen LogP contribution in [0.1, 0.15) is 33.1 Å². The lowest BCUT2D eigenvalue weighted by Gasteiger charge is -2.27. The van der Waals surface area contributed by atoms with Crippen molar-refractivity contribution < 1.29 is 9.53 Å². The highest BCUT2D eigenvalue weighted by atomic mass is 16.5. The molecule has 0 aromatic carbocycles. The predicted molar refractivity (Wildman–Crippen MR) is 66.8 cm³/mol. The smallest absolute Gasteiger partial charge is 0.239 e. The Kier molecular flexibility index (Phi) is 4.40. The second-order valence-corrected chi connectivity index (χ2v) is 5.50. The van der Waals surface area contributed by atoms with Crippen molar-refractivity contribution in [3.63, 3.8) is 0 Å². The maximum Gasteiger partial charge on any atom is 0.239 e. The van der Waals surface area contributed by atoms with E-state index in [1.54, 1.807) is 0 Å². The van der Waals surface area contributed by atoms with Gasteiger partial charge in [-0.05, 0) is 25.2 Å². The molecule has 1 amide bonds. The monoisotopic (exact) mass is 240 g/mol. The Morgan fingerprint density at radius 1 is 1.35 bits per heavy atom. The fraction of sp³-hybridized carbons (Fsp3) is 0.923. The maximum atomic E-state index is 12.1. The van der Waals surface area contributed by atoms with Crippen molar-refractivity contribution in [1.82, 2.24) is 10.2 Å². The predicted octanol–water partition coefficient (Wildman–Crippen LogP) is 1.01. The van der Waals surface area contributed by atoms with Crippen LogP contribution in [-0.4, -0.2) is 49.2 Å². The lowest BCUT2D eigenvalue weighted by molar-refractivity contribution is -0.130. The van der Waals surface area contributed by atoms with Crippen LogP contribution < -0.4 is 5.32 Å². The first kappa shape index (κ1) is 12.8. The zero-order chi connectivity index (χ0) is 12.3. The second kappa shape index (κ2) is 5.83. The number of nitrogens with one attached hydrogen (secondary N) is 1. The number of carbonyl (C=O) groups excluding carboxylic acids is 1. The summed E-state index contributed by atoms with van der Waals surface area (Å²) in [4.78, 5) is 14.2. The summed E-state index contributed by atoms with van der Waals surface area (Å²) in [6.07, 6.45) is 3.17. The topological polar surface area (TPSA) is 41.6 Å². The van der Waals surface area contributed by atoms with Crippen LogP contribution in [-0.2, 0) is 9.53 Å². The molecule has 2 fully saturated rings. The minimum absolute atomic E-state index is 0.0508. The standard InChI is InChI=1S/C13H24N2O2/c1-10(2)14-12-3-6-15(13(12)16)9-11-4-7-17-8-5-11/h10-12,14H,3-9H2,1-2H3. The molecule has 2 heterocycles. The van der Waals surface area contributed by atoms with Gasteiger partial charge in [-0.3, -0.25) is 4.79 Å². The second-order valence-electron chi connectivity index (χ2n) is 5.50. The SMILES string of the molecule is CC(C)NC1CCN(CC2CCOCC2)C1=O. The molecule has 1 N–H and O–H groups in total. The number of ether oxygens (including phenoxy) is 1. The van der Waals surface area contributed by atoms with Crippen molar-refractivity contribution >= 4 is 5.91 Å². The van der Waals surface area contributed by atoms with E-state index in [4.69, 9.17) is 4.74 Å². The van der Waals surface area contributed by atoms with Crippen LogP contribution in [0.5, 0.6) is 0 Å². The van der Waals surface area contributed by atoms with E-state index in [1.807, 2.05) is 4.90 Å². The highest BCUT2D eigenvalue weighted by Gasteiger charge is 2.33. The molecule has 0 radical (unpaired) electrons. The van der Waals surface area contributed by atoms with E-state index in [0.29, 0.717) is 17.9 Å².